The molecule has 110 valence electrons. The van der Waals surface area contributed by atoms with E-state index in [4.69, 9.17) is 5.73 Å². The lowest BCUT2D eigenvalue weighted by Crippen LogP contribution is -2.21. The first-order valence-electron chi connectivity index (χ1n) is 7.32. The Hall–Kier alpha value is -2.30. The van der Waals surface area contributed by atoms with Crippen molar-refractivity contribution in [2.45, 2.75) is 39.2 Å². The first-order chi connectivity index (χ1) is 10.1. The Bertz CT molecular complexity index is 675. The van der Waals surface area contributed by atoms with Gasteiger partial charge < -0.3 is 15.6 Å². The highest BCUT2D eigenvalue weighted by Gasteiger charge is 2.16. The van der Waals surface area contributed by atoms with Crippen molar-refractivity contribution in [1.29, 1.82) is 0 Å². The number of carbonyl (C=O) groups excluding carboxylic acids is 1. The minimum absolute atomic E-state index is 0.0468. The zero-order chi connectivity index (χ0) is 14.8. The minimum atomic E-state index is -0.0468. The molecule has 1 aliphatic rings. The van der Waals surface area contributed by atoms with Crippen LogP contribution in [0.15, 0.2) is 24.5 Å². The predicted molar refractivity (Wildman–Crippen MR) is 83.1 cm³/mol. The quantitative estimate of drug-likeness (QED) is 0.849. The van der Waals surface area contributed by atoms with Crippen molar-refractivity contribution >= 4 is 17.3 Å². The molecule has 0 radical (unpaired) electrons. The van der Waals surface area contributed by atoms with Gasteiger partial charge in [0, 0.05) is 17.1 Å². The molecule has 1 amide bonds. The summed E-state index contributed by atoms with van der Waals surface area (Å²) in [5.74, 6) is -0.0468. The van der Waals surface area contributed by atoms with Gasteiger partial charge in [-0.25, -0.2) is 4.98 Å². The normalized spacial score (nSPS) is 13.8. The number of anilines is 2. The average molecular weight is 284 g/mol. The van der Waals surface area contributed by atoms with Crippen molar-refractivity contribution in [3.05, 3.63) is 41.5 Å². The predicted octanol–water partition coefficient (Wildman–Crippen LogP) is 2.29. The molecule has 0 saturated carbocycles. The van der Waals surface area contributed by atoms with Crippen LogP contribution in [0.4, 0.5) is 11.4 Å². The number of nitrogen functional groups attached to an aromatic ring is 1. The maximum absolute atomic E-state index is 12.2. The van der Waals surface area contributed by atoms with E-state index in [0.29, 0.717) is 12.2 Å². The van der Waals surface area contributed by atoms with Crippen molar-refractivity contribution < 1.29 is 4.79 Å². The van der Waals surface area contributed by atoms with E-state index in [0.717, 1.165) is 29.8 Å². The van der Waals surface area contributed by atoms with Gasteiger partial charge in [-0.05, 0) is 50.3 Å². The summed E-state index contributed by atoms with van der Waals surface area (Å²) in [6.07, 6.45) is 6.19. The SMILES string of the molecule is Cc1ccc(N)cc1NC(=O)Cn1cnc2c1CCCC2. The van der Waals surface area contributed by atoms with Gasteiger partial charge in [0.2, 0.25) is 5.91 Å². The lowest BCUT2D eigenvalue weighted by atomic mass is 10.0. The summed E-state index contributed by atoms with van der Waals surface area (Å²) < 4.78 is 1.96. The molecule has 0 bridgehead atoms. The number of fused-ring (bicyclic) bond motifs is 1. The van der Waals surface area contributed by atoms with Crippen LogP contribution in [0.25, 0.3) is 0 Å². The van der Waals surface area contributed by atoms with Crippen LogP contribution in [0.2, 0.25) is 0 Å². The molecule has 0 atom stereocenters. The highest BCUT2D eigenvalue weighted by Crippen LogP contribution is 2.21. The van der Waals surface area contributed by atoms with E-state index >= 15 is 0 Å². The number of nitrogens with zero attached hydrogens (tertiary/aromatic N) is 2. The first kappa shape index (κ1) is 13.7. The van der Waals surface area contributed by atoms with Gasteiger partial charge in [-0.2, -0.15) is 0 Å². The third kappa shape index (κ3) is 2.91. The van der Waals surface area contributed by atoms with E-state index in [2.05, 4.69) is 10.3 Å². The second-order valence-corrected chi connectivity index (χ2v) is 5.60. The number of aromatic nitrogens is 2. The van der Waals surface area contributed by atoms with E-state index in [9.17, 15) is 4.79 Å². The Balaban J connectivity index is 1.72. The van der Waals surface area contributed by atoms with Gasteiger partial charge in [-0.15, -0.1) is 0 Å². The Morgan fingerprint density at radius 3 is 3.05 bits per heavy atom. The Morgan fingerprint density at radius 2 is 2.19 bits per heavy atom. The number of hydrogen-bond donors (Lipinski definition) is 2. The van der Waals surface area contributed by atoms with Crippen LogP contribution in [0.1, 0.15) is 29.8 Å². The van der Waals surface area contributed by atoms with E-state index in [1.54, 1.807) is 12.4 Å². The number of benzene rings is 1. The van der Waals surface area contributed by atoms with Crippen molar-refractivity contribution in [3.8, 4) is 0 Å². The van der Waals surface area contributed by atoms with E-state index < -0.39 is 0 Å². The zero-order valence-corrected chi connectivity index (χ0v) is 12.2. The molecule has 1 aromatic carbocycles. The van der Waals surface area contributed by atoms with Gasteiger partial charge in [-0.3, -0.25) is 4.79 Å². The molecular formula is C16H20N4O. The molecule has 21 heavy (non-hydrogen) atoms. The summed E-state index contributed by atoms with van der Waals surface area (Å²) in [6, 6.07) is 5.53. The molecule has 1 heterocycles. The zero-order valence-electron chi connectivity index (χ0n) is 12.2. The fraction of sp³-hybridized carbons (Fsp3) is 0.375. The summed E-state index contributed by atoms with van der Waals surface area (Å²) in [5.41, 5.74) is 10.5. The van der Waals surface area contributed by atoms with Gasteiger partial charge in [0.15, 0.2) is 0 Å². The molecule has 0 unspecified atom stereocenters. The van der Waals surface area contributed by atoms with Gasteiger partial charge in [0.25, 0.3) is 0 Å². The van der Waals surface area contributed by atoms with Crippen molar-refractivity contribution in [1.82, 2.24) is 9.55 Å². The van der Waals surface area contributed by atoms with Gasteiger partial charge in [-0.1, -0.05) is 6.07 Å². The molecule has 0 aliphatic heterocycles. The van der Waals surface area contributed by atoms with Crippen molar-refractivity contribution in [3.63, 3.8) is 0 Å². The van der Waals surface area contributed by atoms with Gasteiger partial charge in [0.05, 0.1) is 12.0 Å². The van der Waals surface area contributed by atoms with Crippen LogP contribution in [0.5, 0.6) is 0 Å². The van der Waals surface area contributed by atoms with Crippen LogP contribution in [-0.2, 0) is 24.2 Å². The molecule has 3 N–H and O–H groups in total. The summed E-state index contributed by atoms with van der Waals surface area (Å²) in [7, 11) is 0. The monoisotopic (exact) mass is 284 g/mol. The number of rotatable bonds is 3. The van der Waals surface area contributed by atoms with Gasteiger partial charge >= 0.3 is 0 Å². The summed E-state index contributed by atoms with van der Waals surface area (Å²) >= 11 is 0. The molecule has 3 rings (SSSR count). The third-order valence-corrected chi connectivity index (χ3v) is 3.96. The van der Waals surface area contributed by atoms with E-state index in [1.807, 2.05) is 23.6 Å². The Morgan fingerprint density at radius 1 is 1.38 bits per heavy atom. The number of carbonyl (C=O) groups is 1. The lowest BCUT2D eigenvalue weighted by molar-refractivity contribution is -0.116. The maximum Gasteiger partial charge on any atom is 0.244 e. The van der Waals surface area contributed by atoms with Gasteiger partial charge in [0.1, 0.15) is 6.54 Å². The van der Waals surface area contributed by atoms with E-state index in [1.165, 1.54) is 18.5 Å². The fourth-order valence-corrected chi connectivity index (χ4v) is 2.79. The molecule has 1 aliphatic carbocycles. The molecular weight excluding hydrogens is 264 g/mol. The highest BCUT2D eigenvalue weighted by molar-refractivity contribution is 5.91. The van der Waals surface area contributed by atoms with Crippen molar-refractivity contribution in [2.24, 2.45) is 0 Å². The highest BCUT2D eigenvalue weighted by atomic mass is 16.1. The second-order valence-electron chi connectivity index (χ2n) is 5.60. The first-order valence-corrected chi connectivity index (χ1v) is 7.32. The van der Waals surface area contributed by atoms with E-state index in [-0.39, 0.29) is 5.91 Å². The molecule has 0 saturated heterocycles. The second kappa shape index (κ2) is 5.60. The topological polar surface area (TPSA) is 72.9 Å². The fourth-order valence-electron chi connectivity index (χ4n) is 2.79. The molecule has 1 aromatic heterocycles. The smallest absolute Gasteiger partial charge is 0.244 e. The van der Waals surface area contributed by atoms with Crippen LogP contribution >= 0.6 is 0 Å². The number of aryl methyl sites for hydroxylation is 2. The summed E-state index contributed by atoms with van der Waals surface area (Å²) in [4.78, 5) is 16.6. The molecule has 5 heteroatoms. The standard InChI is InChI=1S/C16H20N4O/c1-11-6-7-12(17)8-14(11)19-16(21)9-20-10-18-13-4-2-3-5-15(13)20/h6-8,10H,2-5,9,17H2,1H3,(H,19,21). The number of nitrogens with one attached hydrogen (secondary N) is 1. The summed E-state index contributed by atoms with van der Waals surface area (Å²) in [5, 5.41) is 2.93. The van der Waals surface area contributed by atoms with Crippen molar-refractivity contribution in [2.75, 3.05) is 11.1 Å². The lowest BCUT2D eigenvalue weighted by Gasteiger charge is -2.14. The molecule has 0 fully saturated rings. The largest absolute Gasteiger partial charge is 0.399 e. The van der Waals surface area contributed by atoms with Crippen LogP contribution < -0.4 is 11.1 Å². The molecule has 5 nitrogen and oxygen atoms in total. The molecule has 2 aromatic rings. The summed E-state index contributed by atoms with van der Waals surface area (Å²) in [6.45, 7) is 2.25. The average Bonchev–Trinajstić information content (AvgIpc) is 2.86. The van der Waals surface area contributed by atoms with Crippen LogP contribution in [-0.4, -0.2) is 15.5 Å². The Kier molecular flexibility index (Phi) is 3.64. The van der Waals surface area contributed by atoms with Crippen LogP contribution in [0.3, 0.4) is 0 Å². The third-order valence-electron chi connectivity index (χ3n) is 3.96. The maximum atomic E-state index is 12.2. The number of amides is 1. The number of imidazole rings is 1. The van der Waals surface area contributed by atoms with Crippen LogP contribution in [0, 0.1) is 6.92 Å². The molecule has 0 spiro atoms. The Labute approximate surface area is 124 Å². The number of nitrogens with two attached hydrogens (primary N) is 1. The minimum Gasteiger partial charge on any atom is -0.399 e. The number of hydrogen-bond acceptors (Lipinski definition) is 3.